The van der Waals surface area contributed by atoms with Gasteiger partial charge in [0.1, 0.15) is 5.60 Å². The first-order valence-corrected chi connectivity index (χ1v) is 15.6. The molecule has 0 aromatic carbocycles. The van der Waals surface area contributed by atoms with E-state index < -0.39 is 11.6 Å². The fraction of sp³-hybridized carbons (Fsp3) is 0.316. The lowest BCUT2D eigenvalue weighted by Crippen LogP contribution is -2.23. The van der Waals surface area contributed by atoms with Gasteiger partial charge in [-0.1, -0.05) is 25.3 Å². The van der Waals surface area contributed by atoms with E-state index in [9.17, 15) is 14.7 Å². The third-order valence-electron chi connectivity index (χ3n) is 8.63. The van der Waals surface area contributed by atoms with Gasteiger partial charge in [0.15, 0.2) is 0 Å². The molecule has 8 heteroatoms. The lowest BCUT2D eigenvalue weighted by atomic mass is 10.00. The van der Waals surface area contributed by atoms with Gasteiger partial charge < -0.3 is 19.8 Å². The summed E-state index contributed by atoms with van der Waals surface area (Å²) in [6, 6.07) is 8.04. The smallest absolute Gasteiger partial charge is 0.306 e. The topological polar surface area (TPSA) is 121 Å². The number of carboxylic acid groups (broad SMARTS) is 1. The summed E-state index contributed by atoms with van der Waals surface area (Å²) in [5.41, 5.74) is 13.6. The molecular formula is C38H42N4O4. The minimum absolute atomic E-state index is 0.0123. The number of fused-ring (bicyclic) bond motifs is 8. The number of hydrogen-bond donors (Lipinski definition) is 3. The largest absolute Gasteiger partial charge is 0.481 e. The maximum absolute atomic E-state index is 12.8. The average Bonchev–Trinajstić information content (AvgIpc) is 3.63. The summed E-state index contributed by atoms with van der Waals surface area (Å²) in [5, 5.41) is 9.54. The van der Waals surface area contributed by atoms with Crippen molar-refractivity contribution in [1.82, 2.24) is 19.9 Å². The molecule has 3 N–H and O–H groups in total. The van der Waals surface area contributed by atoms with E-state index in [-0.39, 0.29) is 18.8 Å². The zero-order chi connectivity index (χ0) is 33.5. The van der Waals surface area contributed by atoms with Crippen molar-refractivity contribution in [1.29, 1.82) is 0 Å². The predicted molar refractivity (Wildman–Crippen MR) is 187 cm³/mol. The number of carbonyl (C=O) groups is 2. The molecule has 5 heterocycles. The molecule has 3 aromatic rings. The summed E-state index contributed by atoms with van der Waals surface area (Å²) in [6.07, 6.45) is 4.65. The standard InChI is InChI=1S/C38H42N4O4/c1-10-24-20(3)28-16-29-23(6)27(13-15-37(45)46-38(7,8)9)35(41-29)19-34-26(12-14-36(43)44)22(5)31(42-34)18-33-25(11-2)21(4)30(40-33)17-32(24)39-28/h10-11,16-19,39,42H,1-2,12-15H2,3-9H3,(H,43,44). The Morgan fingerprint density at radius 3 is 2.02 bits per heavy atom. The first-order valence-electron chi connectivity index (χ1n) is 15.6. The Hall–Kier alpha value is -4.98. The van der Waals surface area contributed by atoms with Crippen LogP contribution in [0, 0.1) is 13.8 Å². The minimum atomic E-state index is -0.866. The summed E-state index contributed by atoms with van der Waals surface area (Å²) in [6.45, 7) is 21.8. The van der Waals surface area contributed by atoms with E-state index in [1.165, 1.54) is 0 Å². The molecular weight excluding hydrogens is 576 g/mol. The monoisotopic (exact) mass is 618 g/mol. The minimum Gasteiger partial charge on any atom is -0.481 e. The SMILES string of the molecule is C=CC1=C(C)c2cc3[nH]c(cc4nc(cc5[nH]c(cc1n2)c(C)c5CCC(=O)O)C(CCC(=O)OC(C)(C)C)=C4C)c(C)c3C=C. The number of aromatic amines is 2. The van der Waals surface area contributed by atoms with Crippen molar-refractivity contribution >= 4 is 62.4 Å². The van der Waals surface area contributed by atoms with Gasteiger partial charge in [0.2, 0.25) is 0 Å². The number of ether oxygens (including phenoxy) is 1. The Morgan fingerprint density at radius 2 is 1.37 bits per heavy atom. The summed E-state index contributed by atoms with van der Waals surface area (Å²) in [5.74, 6) is -1.14. The number of aliphatic carboxylic acids is 1. The number of H-pyrrole nitrogens is 2. The van der Waals surface area contributed by atoms with Gasteiger partial charge in [0.05, 0.1) is 22.8 Å². The van der Waals surface area contributed by atoms with Crippen LogP contribution in [0.3, 0.4) is 0 Å². The van der Waals surface area contributed by atoms with Crippen molar-refractivity contribution in [2.75, 3.05) is 0 Å². The zero-order valence-electron chi connectivity index (χ0n) is 27.8. The van der Waals surface area contributed by atoms with Crippen LogP contribution in [-0.4, -0.2) is 42.6 Å². The second-order valence-corrected chi connectivity index (χ2v) is 12.9. The molecule has 2 aliphatic heterocycles. The van der Waals surface area contributed by atoms with Gasteiger partial charge in [0.25, 0.3) is 0 Å². The molecule has 3 aromatic heterocycles. The van der Waals surface area contributed by atoms with Gasteiger partial charge in [-0.05, 0) is 119 Å². The molecule has 8 bridgehead atoms. The van der Waals surface area contributed by atoms with Crippen LogP contribution in [-0.2, 0) is 20.7 Å². The van der Waals surface area contributed by atoms with E-state index in [1.54, 1.807) is 0 Å². The van der Waals surface area contributed by atoms with Crippen LogP contribution in [0.15, 0.2) is 43.5 Å². The molecule has 0 unspecified atom stereocenters. The Morgan fingerprint density at radius 1 is 0.783 bits per heavy atom. The first kappa shape index (κ1) is 32.4. The summed E-state index contributed by atoms with van der Waals surface area (Å²) < 4.78 is 5.61. The van der Waals surface area contributed by atoms with Crippen LogP contribution in [0.5, 0.6) is 0 Å². The van der Waals surface area contributed by atoms with E-state index in [2.05, 4.69) is 30.0 Å². The Balaban J connectivity index is 1.85. The summed E-state index contributed by atoms with van der Waals surface area (Å²) >= 11 is 0. The molecule has 8 nitrogen and oxygen atoms in total. The van der Waals surface area contributed by atoms with Gasteiger partial charge in [-0.3, -0.25) is 9.59 Å². The van der Waals surface area contributed by atoms with E-state index >= 15 is 0 Å². The van der Waals surface area contributed by atoms with Crippen LogP contribution in [0.25, 0.3) is 50.4 Å². The van der Waals surface area contributed by atoms with Crippen LogP contribution in [0.1, 0.15) is 98.9 Å². The van der Waals surface area contributed by atoms with E-state index in [0.717, 1.165) is 89.4 Å². The fourth-order valence-electron chi connectivity index (χ4n) is 6.16. The van der Waals surface area contributed by atoms with Crippen LogP contribution in [0.2, 0.25) is 0 Å². The van der Waals surface area contributed by atoms with E-state index in [1.807, 2.05) is 78.0 Å². The number of aryl methyl sites for hydroxylation is 3. The van der Waals surface area contributed by atoms with Crippen molar-refractivity contribution in [2.45, 2.75) is 79.8 Å². The van der Waals surface area contributed by atoms with Crippen LogP contribution >= 0.6 is 0 Å². The molecule has 46 heavy (non-hydrogen) atoms. The molecule has 0 atom stereocenters. The van der Waals surface area contributed by atoms with Gasteiger partial charge in [0, 0.05) is 46.0 Å². The van der Waals surface area contributed by atoms with Crippen molar-refractivity contribution in [3.63, 3.8) is 0 Å². The lowest BCUT2D eigenvalue weighted by Gasteiger charge is -2.19. The summed E-state index contributed by atoms with van der Waals surface area (Å²) in [7, 11) is 0. The molecule has 2 aliphatic rings. The average molecular weight is 619 g/mol. The summed E-state index contributed by atoms with van der Waals surface area (Å²) in [4.78, 5) is 41.6. The normalized spacial score (nSPS) is 13.3. The highest BCUT2D eigenvalue weighted by atomic mass is 16.6. The number of rotatable bonds is 8. The van der Waals surface area contributed by atoms with Gasteiger partial charge in [-0.2, -0.15) is 0 Å². The van der Waals surface area contributed by atoms with Gasteiger partial charge in [-0.15, -0.1) is 0 Å². The number of hydrogen-bond acceptors (Lipinski definition) is 5. The van der Waals surface area contributed by atoms with Crippen molar-refractivity contribution < 1.29 is 19.4 Å². The molecule has 0 radical (unpaired) electrons. The number of nitrogens with one attached hydrogen (secondary N) is 2. The Bertz CT molecular complexity index is 2030. The second kappa shape index (κ2) is 12.4. The number of esters is 1. The molecule has 0 fully saturated rings. The van der Waals surface area contributed by atoms with Crippen molar-refractivity contribution in [3.8, 4) is 0 Å². The highest BCUT2D eigenvalue weighted by molar-refractivity contribution is 5.98. The van der Waals surface area contributed by atoms with E-state index in [4.69, 9.17) is 14.7 Å². The highest BCUT2D eigenvalue weighted by Crippen LogP contribution is 2.36. The quantitative estimate of drug-likeness (QED) is 0.217. The number of allylic oxidation sites excluding steroid dienone is 5. The maximum Gasteiger partial charge on any atom is 0.306 e. The first-order chi connectivity index (χ1) is 21.7. The zero-order valence-corrected chi connectivity index (χ0v) is 27.8. The van der Waals surface area contributed by atoms with Crippen molar-refractivity contribution in [2.24, 2.45) is 0 Å². The van der Waals surface area contributed by atoms with Crippen molar-refractivity contribution in [3.05, 3.63) is 88.5 Å². The molecule has 0 spiro atoms. The number of carboxylic acids is 1. The maximum atomic E-state index is 12.8. The van der Waals surface area contributed by atoms with Crippen LogP contribution < -0.4 is 0 Å². The number of nitrogens with zero attached hydrogens (tertiary/aromatic N) is 2. The Labute approximate surface area is 269 Å². The highest BCUT2D eigenvalue weighted by Gasteiger charge is 2.22. The third-order valence-corrected chi connectivity index (χ3v) is 8.63. The Kier molecular flexibility index (Phi) is 8.76. The molecule has 0 amide bonds. The number of carbonyl (C=O) groups excluding carboxylic acids is 1. The van der Waals surface area contributed by atoms with Gasteiger partial charge in [-0.25, -0.2) is 9.97 Å². The lowest BCUT2D eigenvalue weighted by molar-refractivity contribution is -0.154. The third kappa shape index (κ3) is 6.38. The van der Waals surface area contributed by atoms with Crippen LogP contribution in [0.4, 0.5) is 0 Å². The predicted octanol–water partition coefficient (Wildman–Crippen LogP) is 8.76. The van der Waals surface area contributed by atoms with Gasteiger partial charge >= 0.3 is 11.9 Å². The second-order valence-electron chi connectivity index (χ2n) is 12.9. The number of aromatic nitrogens is 4. The van der Waals surface area contributed by atoms with E-state index in [0.29, 0.717) is 12.8 Å². The molecule has 0 aliphatic carbocycles. The molecule has 0 saturated heterocycles. The molecule has 5 rings (SSSR count). The fourth-order valence-corrected chi connectivity index (χ4v) is 6.16. The molecule has 238 valence electrons. The molecule has 0 saturated carbocycles.